The molecule has 5 N–H and O–H groups in total. The zero-order chi connectivity index (χ0) is 26.3. The fourth-order valence-corrected chi connectivity index (χ4v) is 4.27. The van der Waals surface area contributed by atoms with E-state index in [-0.39, 0.29) is 24.9 Å². The molecule has 1 aromatic rings. The molecule has 1 saturated heterocycles. The molecule has 2 rings (SSSR count). The number of ether oxygens (including phenoxy) is 1. The summed E-state index contributed by atoms with van der Waals surface area (Å²) in [5.74, 6) is -2.93. The van der Waals surface area contributed by atoms with Crippen molar-refractivity contribution in [3.05, 3.63) is 30.1 Å². The standard InChI is InChI=1S/C25H39N5O6/c1-17(2)16-20-19(23(32)30-35)9-7-15-36-25(34)28-13-6-4-10-21(29-22(20)31)24(33)27-14-11-18-8-3-5-12-26-18/h3,5,8,12,17,19-21,35H,4,6-7,9-11,13-16H2,1-2H3,(H,27,33)(H,28,34)(H,29,31)(H,30,32)/t19-,20+,21-/m0/s1. The summed E-state index contributed by atoms with van der Waals surface area (Å²) in [6.07, 6.45) is 4.19. The molecule has 3 atom stereocenters. The van der Waals surface area contributed by atoms with Gasteiger partial charge in [0.05, 0.1) is 12.5 Å². The van der Waals surface area contributed by atoms with Crippen molar-refractivity contribution in [3.8, 4) is 0 Å². The van der Waals surface area contributed by atoms with Gasteiger partial charge in [0.25, 0.3) is 0 Å². The largest absolute Gasteiger partial charge is 0.450 e. The zero-order valence-corrected chi connectivity index (χ0v) is 21.1. The molecule has 1 aliphatic heterocycles. The highest BCUT2D eigenvalue weighted by Gasteiger charge is 2.35. The summed E-state index contributed by atoms with van der Waals surface area (Å²) in [4.78, 5) is 55.1. The molecule has 11 heteroatoms. The van der Waals surface area contributed by atoms with E-state index in [0.29, 0.717) is 51.6 Å². The van der Waals surface area contributed by atoms with Crippen LogP contribution < -0.4 is 21.4 Å². The smallest absolute Gasteiger partial charge is 0.407 e. The Kier molecular flexibility index (Phi) is 12.7. The van der Waals surface area contributed by atoms with Gasteiger partial charge in [-0.1, -0.05) is 19.9 Å². The van der Waals surface area contributed by atoms with Crippen molar-refractivity contribution in [2.45, 2.75) is 64.8 Å². The van der Waals surface area contributed by atoms with Crippen LogP contribution in [0, 0.1) is 17.8 Å². The molecule has 11 nitrogen and oxygen atoms in total. The van der Waals surface area contributed by atoms with E-state index in [2.05, 4.69) is 20.9 Å². The molecule has 0 saturated carbocycles. The maximum atomic E-state index is 13.4. The van der Waals surface area contributed by atoms with Gasteiger partial charge in [-0.05, 0) is 56.6 Å². The summed E-state index contributed by atoms with van der Waals surface area (Å²) >= 11 is 0. The van der Waals surface area contributed by atoms with Gasteiger partial charge in [0.15, 0.2) is 0 Å². The minimum atomic E-state index is -0.845. The van der Waals surface area contributed by atoms with Gasteiger partial charge >= 0.3 is 6.09 Å². The first-order chi connectivity index (χ1) is 17.3. The van der Waals surface area contributed by atoms with E-state index in [4.69, 9.17) is 4.74 Å². The predicted molar refractivity (Wildman–Crippen MR) is 132 cm³/mol. The third-order valence-corrected chi connectivity index (χ3v) is 6.12. The highest BCUT2D eigenvalue weighted by Crippen LogP contribution is 2.26. The van der Waals surface area contributed by atoms with E-state index in [1.807, 2.05) is 32.0 Å². The number of rotatable bonds is 7. The fourth-order valence-electron chi connectivity index (χ4n) is 4.27. The van der Waals surface area contributed by atoms with Crippen molar-refractivity contribution in [3.63, 3.8) is 0 Å². The monoisotopic (exact) mass is 505 g/mol. The molecule has 0 spiro atoms. The Morgan fingerprint density at radius 1 is 1.17 bits per heavy atom. The van der Waals surface area contributed by atoms with Crippen LogP contribution in [0.3, 0.4) is 0 Å². The fraction of sp³-hybridized carbons (Fsp3) is 0.640. The van der Waals surface area contributed by atoms with Crippen LogP contribution in [0.4, 0.5) is 4.79 Å². The van der Waals surface area contributed by atoms with Crippen molar-refractivity contribution in [1.82, 2.24) is 26.4 Å². The van der Waals surface area contributed by atoms with Gasteiger partial charge in [-0.3, -0.25) is 24.6 Å². The van der Waals surface area contributed by atoms with Gasteiger partial charge < -0.3 is 20.7 Å². The second-order valence-electron chi connectivity index (χ2n) is 9.44. The summed E-state index contributed by atoms with van der Waals surface area (Å²) < 4.78 is 5.15. The Morgan fingerprint density at radius 2 is 1.97 bits per heavy atom. The van der Waals surface area contributed by atoms with E-state index >= 15 is 0 Å². The Labute approximate surface area is 212 Å². The van der Waals surface area contributed by atoms with Crippen LogP contribution >= 0.6 is 0 Å². The molecular weight excluding hydrogens is 466 g/mol. The first-order valence-electron chi connectivity index (χ1n) is 12.6. The van der Waals surface area contributed by atoms with Crippen molar-refractivity contribution < 1.29 is 29.1 Å². The van der Waals surface area contributed by atoms with Crippen LogP contribution in [0.5, 0.6) is 0 Å². The Hall–Kier alpha value is -3.21. The molecule has 1 aliphatic rings. The predicted octanol–water partition coefficient (Wildman–Crippen LogP) is 1.70. The summed E-state index contributed by atoms with van der Waals surface area (Å²) in [6, 6.07) is 4.77. The van der Waals surface area contributed by atoms with E-state index in [9.17, 15) is 24.4 Å². The van der Waals surface area contributed by atoms with Crippen molar-refractivity contribution in [1.29, 1.82) is 0 Å². The number of cyclic esters (lactones) is 1. The third-order valence-electron chi connectivity index (χ3n) is 6.12. The van der Waals surface area contributed by atoms with Gasteiger partial charge in [-0.25, -0.2) is 10.3 Å². The quantitative estimate of drug-likeness (QED) is 0.279. The summed E-state index contributed by atoms with van der Waals surface area (Å²) in [5.41, 5.74) is 2.51. The maximum Gasteiger partial charge on any atom is 0.407 e. The van der Waals surface area contributed by atoms with Crippen LogP contribution in [-0.4, -0.2) is 59.7 Å². The molecule has 36 heavy (non-hydrogen) atoms. The average molecular weight is 506 g/mol. The summed E-state index contributed by atoms with van der Waals surface area (Å²) in [5, 5.41) is 17.7. The maximum absolute atomic E-state index is 13.4. The lowest BCUT2D eigenvalue weighted by Gasteiger charge is -2.28. The molecule has 0 bridgehead atoms. The van der Waals surface area contributed by atoms with Crippen molar-refractivity contribution in [2.24, 2.45) is 17.8 Å². The van der Waals surface area contributed by atoms with Crippen LogP contribution in [0.15, 0.2) is 24.4 Å². The topological polar surface area (TPSA) is 159 Å². The number of hydroxylamine groups is 1. The van der Waals surface area contributed by atoms with Crippen LogP contribution in [0.1, 0.15) is 58.1 Å². The number of aromatic nitrogens is 1. The molecule has 200 valence electrons. The van der Waals surface area contributed by atoms with Crippen molar-refractivity contribution >= 4 is 23.8 Å². The lowest BCUT2D eigenvalue weighted by atomic mass is 9.81. The molecule has 0 aliphatic carbocycles. The molecular formula is C25H39N5O6. The lowest BCUT2D eigenvalue weighted by molar-refractivity contribution is -0.142. The molecule has 1 aromatic heterocycles. The lowest BCUT2D eigenvalue weighted by Crippen LogP contribution is -2.51. The van der Waals surface area contributed by atoms with E-state index in [0.717, 1.165) is 5.69 Å². The minimum Gasteiger partial charge on any atom is -0.450 e. The van der Waals surface area contributed by atoms with Crippen LogP contribution in [-0.2, 0) is 25.5 Å². The molecule has 0 aromatic carbocycles. The SMILES string of the molecule is CC(C)C[C@H]1C(=O)N[C@H](C(=O)NCCc2ccccn2)CCCCNC(=O)OCCC[C@@H]1C(=O)NO. The number of amides is 4. The van der Waals surface area contributed by atoms with E-state index < -0.39 is 35.8 Å². The van der Waals surface area contributed by atoms with Gasteiger partial charge in [-0.15, -0.1) is 0 Å². The highest BCUT2D eigenvalue weighted by atomic mass is 16.5. The van der Waals surface area contributed by atoms with Gasteiger partial charge in [0.1, 0.15) is 6.04 Å². The molecule has 0 radical (unpaired) electrons. The van der Waals surface area contributed by atoms with Crippen LogP contribution in [0.25, 0.3) is 0 Å². The number of nitrogens with one attached hydrogen (secondary N) is 4. The van der Waals surface area contributed by atoms with Gasteiger partial charge in [0, 0.05) is 37.3 Å². The second kappa shape index (κ2) is 15.7. The molecule has 0 unspecified atom stereocenters. The Morgan fingerprint density at radius 3 is 2.67 bits per heavy atom. The zero-order valence-electron chi connectivity index (χ0n) is 21.1. The van der Waals surface area contributed by atoms with E-state index in [1.165, 1.54) is 0 Å². The third kappa shape index (κ3) is 10.2. The van der Waals surface area contributed by atoms with Gasteiger partial charge in [-0.2, -0.15) is 0 Å². The number of alkyl carbamates (subject to hydrolysis) is 1. The summed E-state index contributed by atoms with van der Waals surface area (Å²) in [7, 11) is 0. The number of pyridine rings is 1. The number of nitrogens with zero attached hydrogens (tertiary/aromatic N) is 1. The second-order valence-corrected chi connectivity index (χ2v) is 9.44. The van der Waals surface area contributed by atoms with Gasteiger partial charge in [0.2, 0.25) is 17.7 Å². The number of carbonyl (C=O) groups is 4. The first kappa shape index (κ1) is 29.0. The number of hydrogen-bond donors (Lipinski definition) is 5. The Bertz CT molecular complexity index is 851. The number of hydrogen-bond acceptors (Lipinski definition) is 7. The molecule has 2 heterocycles. The average Bonchev–Trinajstić information content (AvgIpc) is 2.86. The molecule has 1 fully saturated rings. The highest BCUT2D eigenvalue weighted by molar-refractivity contribution is 5.91. The number of carbonyl (C=O) groups excluding carboxylic acids is 4. The normalized spacial score (nSPS) is 22.3. The molecule has 4 amide bonds. The van der Waals surface area contributed by atoms with Crippen molar-refractivity contribution in [2.75, 3.05) is 19.7 Å². The van der Waals surface area contributed by atoms with Crippen LogP contribution in [0.2, 0.25) is 0 Å². The van der Waals surface area contributed by atoms with E-state index in [1.54, 1.807) is 11.7 Å². The summed E-state index contributed by atoms with van der Waals surface area (Å²) in [6.45, 7) is 4.70. The Balaban J connectivity index is 2.17. The minimum absolute atomic E-state index is 0.0817. The first-order valence-corrected chi connectivity index (χ1v) is 12.6.